The highest BCUT2D eigenvalue weighted by Crippen LogP contribution is 2.16. The van der Waals surface area contributed by atoms with E-state index < -0.39 is 10.0 Å². The minimum Gasteiger partial charge on any atom is -0.395 e. The number of nitrogens with two attached hydrogens (primary N) is 1. The molecule has 4 N–H and O–H groups in total. The number of nitrogens with zero attached hydrogens (tertiary/aromatic N) is 2. The van der Waals surface area contributed by atoms with Crippen LogP contribution in [0.4, 0.5) is 5.69 Å². The first kappa shape index (κ1) is 15.4. The van der Waals surface area contributed by atoms with Gasteiger partial charge >= 0.3 is 0 Å². The van der Waals surface area contributed by atoms with Crippen molar-refractivity contribution in [3.05, 3.63) is 11.4 Å². The standard InChI is InChI=1S/C10H19N5O3S/c1-4-7-8(11)9(15(2)14-7)10(16)12-5-6-13-19(3,17)18/h13H,4-6,11H2,1-3H3,(H,12,16). The molecule has 0 saturated heterocycles. The number of hydrogen-bond donors (Lipinski definition) is 3. The molecule has 9 heteroatoms. The molecule has 0 aliphatic rings. The summed E-state index contributed by atoms with van der Waals surface area (Å²) >= 11 is 0. The van der Waals surface area contributed by atoms with Crippen molar-refractivity contribution in [2.24, 2.45) is 7.05 Å². The Morgan fingerprint density at radius 2 is 2.05 bits per heavy atom. The summed E-state index contributed by atoms with van der Waals surface area (Å²) in [6.45, 7) is 2.21. The Bertz CT molecular complexity index is 564. The van der Waals surface area contributed by atoms with E-state index in [0.29, 0.717) is 17.8 Å². The normalized spacial score (nSPS) is 11.5. The third-order valence-electron chi connectivity index (χ3n) is 2.49. The molecule has 108 valence electrons. The van der Waals surface area contributed by atoms with Gasteiger partial charge in [0.05, 0.1) is 17.6 Å². The number of hydrogen-bond acceptors (Lipinski definition) is 5. The number of sulfonamides is 1. The molecule has 1 rings (SSSR count). The van der Waals surface area contributed by atoms with Crippen molar-refractivity contribution in [2.45, 2.75) is 13.3 Å². The molecule has 0 unspecified atom stereocenters. The number of aromatic nitrogens is 2. The molecule has 0 spiro atoms. The van der Waals surface area contributed by atoms with E-state index in [1.54, 1.807) is 7.05 Å². The van der Waals surface area contributed by atoms with Crippen LogP contribution in [0, 0.1) is 0 Å². The number of anilines is 1. The number of carbonyl (C=O) groups excluding carboxylic acids is 1. The molecule has 19 heavy (non-hydrogen) atoms. The van der Waals surface area contributed by atoms with Crippen LogP contribution in [-0.2, 0) is 23.5 Å². The van der Waals surface area contributed by atoms with Crippen molar-refractivity contribution in [3.8, 4) is 0 Å². The number of rotatable bonds is 6. The molecule has 1 aromatic rings. The van der Waals surface area contributed by atoms with Crippen LogP contribution < -0.4 is 15.8 Å². The zero-order chi connectivity index (χ0) is 14.6. The van der Waals surface area contributed by atoms with Crippen LogP contribution in [0.15, 0.2) is 0 Å². The highest BCUT2D eigenvalue weighted by molar-refractivity contribution is 7.88. The molecule has 0 aliphatic heterocycles. The van der Waals surface area contributed by atoms with E-state index in [1.165, 1.54) is 4.68 Å². The fourth-order valence-corrected chi connectivity index (χ4v) is 2.10. The average molecular weight is 289 g/mol. The second-order valence-corrected chi connectivity index (χ2v) is 5.94. The number of amides is 1. The summed E-state index contributed by atoms with van der Waals surface area (Å²) in [4.78, 5) is 11.9. The van der Waals surface area contributed by atoms with Gasteiger partial charge in [-0.2, -0.15) is 5.10 Å². The molecule has 0 saturated carbocycles. The van der Waals surface area contributed by atoms with Gasteiger partial charge in [0.15, 0.2) is 0 Å². The Hall–Kier alpha value is -1.61. The Kier molecular flexibility index (Phi) is 4.90. The summed E-state index contributed by atoms with van der Waals surface area (Å²) in [6.07, 6.45) is 1.70. The number of aryl methyl sites for hydroxylation is 2. The Balaban J connectivity index is 2.62. The van der Waals surface area contributed by atoms with E-state index in [0.717, 1.165) is 6.26 Å². The molecule has 0 aromatic carbocycles. The van der Waals surface area contributed by atoms with Crippen molar-refractivity contribution in [1.82, 2.24) is 19.8 Å². The lowest BCUT2D eigenvalue weighted by Gasteiger charge is -2.06. The maximum atomic E-state index is 11.9. The van der Waals surface area contributed by atoms with Crippen LogP contribution in [0.5, 0.6) is 0 Å². The number of carbonyl (C=O) groups is 1. The molecule has 1 aromatic heterocycles. The summed E-state index contributed by atoms with van der Waals surface area (Å²) in [5.41, 5.74) is 7.15. The molecule has 0 bridgehead atoms. The van der Waals surface area contributed by atoms with Crippen molar-refractivity contribution < 1.29 is 13.2 Å². The molecule has 1 heterocycles. The molecule has 0 atom stereocenters. The predicted octanol–water partition coefficient (Wildman–Crippen LogP) is -1.16. The van der Waals surface area contributed by atoms with Crippen molar-refractivity contribution >= 4 is 21.6 Å². The van der Waals surface area contributed by atoms with Crippen LogP contribution in [0.1, 0.15) is 23.1 Å². The maximum absolute atomic E-state index is 11.9. The van der Waals surface area contributed by atoms with Gasteiger partial charge < -0.3 is 11.1 Å². The van der Waals surface area contributed by atoms with Gasteiger partial charge in [0.1, 0.15) is 5.69 Å². The second kappa shape index (κ2) is 6.02. The smallest absolute Gasteiger partial charge is 0.271 e. The Labute approximate surface area is 112 Å². The predicted molar refractivity (Wildman–Crippen MR) is 72.2 cm³/mol. The average Bonchev–Trinajstić information content (AvgIpc) is 2.58. The summed E-state index contributed by atoms with van der Waals surface area (Å²) in [5.74, 6) is -0.373. The van der Waals surface area contributed by atoms with Crippen molar-refractivity contribution in [2.75, 3.05) is 25.1 Å². The first-order valence-corrected chi connectivity index (χ1v) is 7.69. The molecule has 8 nitrogen and oxygen atoms in total. The molecule has 0 aliphatic carbocycles. The molecule has 1 amide bonds. The van der Waals surface area contributed by atoms with E-state index in [4.69, 9.17) is 5.73 Å². The zero-order valence-corrected chi connectivity index (χ0v) is 12.0. The van der Waals surface area contributed by atoms with E-state index in [2.05, 4.69) is 15.1 Å². The van der Waals surface area contributed by atoms with Gasteiger partial charge in [-0.05, 0) is 6.42 Å². The van der Waals surface area contributed by atoms with Crippen LogP contribution in [-0.4, -0.2) is 43.5 Å². The first-order valence-electron chi connectivity index (χ1n) is 5.80. The van der Waals surface area contributed by atoms with Crippen LogP contribution >= 0.6 is 0 Å². The van der Waals surface area contributed by atoms with Gasteiger partial charge in [0.25, 0.3) is 5.91 Å². The topological polar surface area (TPSA) is 119 Å². The fourth-order valence-electron chi connectivity index (χ4n) is 1.62. The maximum Gasteiger partial charge on any atom is 0.271 e. The fraction of sp³-hybridized carbons (Fsp3) is 0.600. The minimum atomic E-state index is -3.25. The van der Waals surface area contributed by atoms with Crippen LogP contribution in [0.25, 0.3) is 0 Å². The Morgan fingerprint density at radius 1 is 1.42 bits per heavy atom. The van der Waals surface area contributed by atoms with E-state index >= 15 is 0 Å². The van der Waals surface area contributed by atoms with Crippen LogP contribution in [0.2, 0.25) is 0 Å². The highest BCUT2D eigenvalue weighted by atomic mass is 32.2. The van der Waals surface area contributed by atoms with Gasteiger partial charge in [0, 0.05) is 20.1 Å². The van der Waals surface area contributed by atoms with Crippen molar-refractivity contribution in [1.29, 1.82) is 0 Å². The lowest BCUT2D eigenvalue weighted by Crippen LogP contribution is -2.35. The molecule has 0 fully saturated rings. The zero-order valence-electron chi connectivity index (χ0n) is 11.2. The van der Waals surface area contributed by atoms with E-state index in [-0.39, 0.29) is 24.7 Å². The minimum absolute atomic E-state index is 0.128. The van der Waals surface area contributed by atoms with Gasteiger partial charge in [-0.25, -0.2) is 13.1 Å². The molecule has 0 radical (unpaired) electrons. The van der Waals surface area contributed by atoms with E-state index in [9.17, 15) is 13.2 Å². The second-order valence-electron chi connectivity index (χ2n) is 4.11. The lowest BCUT2D eigenvalue weighted by molar-refractivity contribution is 0.0946. The summed E-state index contributed by atoms with van der Waals surface area (Å²) in [5, 5.41) is 6.72. The van der Waals surface area contributed by atoms with Gasteiger partial charge in [-0.3, -0.25) is 9.48 Å². The van der Waals surface area contributed by atoms with Gasteiger partial charge in [0.2, 0.25) is 10.0 Å². The lowest BCUT2D eigenvalue weighted by atomic mass is 10.2. The number of nitrogen functional groups attached to an aromatic ring is 1. The summed E-state index contributed by atoms with van der Waals surface area (Å²) in [6, 6.07) is 0. The quantitative estimate of drug-likeness (QED) is 0.571. The third-order valence-corrected chi connectivity index (χ3v) is 3.21. The first-order chi connectivity index (χ1) is 8.76. The summed E-state index contributed by atoms with van der Waals surface area (Å²) in [7, 11) is -1.61. The van der Waals surface area contributed by atoms with Crippen molar-refractivity contribution in [3.63, 3.8) is 0 Å². The van der Waals surface area contributed by atoms with Gasteiger partial charge in [-0.1, -0.05) is 6.92 Å². The number of nitrogens with one attached hydrogen (secondary N) is 2. The monoisotopic (exact) mass is 289 g/mol. The molecular formula is C10H19N5O3S. The largest absolute Gasteiger partial charge is 0.395 e. The Morgan fingerprint density at radius 3 is 2.53 bits per heavy atom. The highest BCUT2D eigenvalue weighted by Gasteiger charge is 2.18. The van der Waals surface area contributed by atoms with E-state index in [1.807, 2.05) is 6.92 Å². The van der Waals surface area contributed by atoms with Gasteiger partial charge in [-0.15, -0.1) is 0 Å². The third kappa shape index (κ3) is 4.21. The van der Waals surface area contributed by atoms with Crippen LogP contribution in [0.3, 0.4) is 0 Å². The molecular weight excluding hydrogens is 270 g/mol. The SMILES string of the molecule is CCc1nn(C)c(C(=O)NCCNS(C)(=O)=O)c1N. The summed E-state index contributed by atoms with van der Waals surface area (Å²) < 4.78 is 25.4.